The van der Waals surface area contributed by atoms with Gasteiger partial charge in [0, 0.05) is 6.54 Å². The van der Waals surface area contributed by atoms with Gasteiger partial charge in [-0.05, 0) is 53.9 Å². The van der Waals surface area contributed by atoms with Crippen LogP contribution in [0.2, 0.25) is 0 Å². The van der Waals surface area contributed by atoms with Gasteiger partial charge >= 0.3 is 0 Å². The summed E-state index contributed by atoms with van der Waals surface area (Å²) in [6, 6.07) is 20.3. The van der Waals surface area contributed by atoms with Crippen molar-refractivity contribution in [2.45, 2.75) is 19.6 Å². The number of para-hydroxylation sites is 2. The molecular formula is C25H23FN2O2. The predicted molar refractivity (Wildman–Crippen MR) is 116 cm³/mol. The molecule has 0 amide bonds. The quantitative estimate of drug-likeness (QED) is 0.363. The van der Waals surface area contributed by atoms with Gasteiger partial charge in [0.1, 0.15) is 18.2 Å². The summed E-state index contributed by atoms with van der Waals surface area (Å²) < 4.78 is 27.0. The molecule has 0 aliphatic rings. The van der Waals surface area contributed by atoms with Crippen LogP contribution in [0.4, 0.5) is 4.39 Å². The monoisotopic (exact) mass is 402 g/mol. The van der Waals surface area contributed by atoms with Crippen LogP contribution in [0.15, 0.2) is 79.4 Å². The number of aromatic nitrogens is 2. The molecule has 1 heterocycles. The summed E-state index contributed by atoms with van der Waals surface area (Å²) in [5.41, 5.74) is 4.00. The van der Waals surface area contributed by atoms with Gasteiger partial charge in [0.2, 0.25) is 0 Å². The Morgan fingerprint density at radius 2 is 1.77 bits per heavy atom. The lowest BCUT2D eigenvalue weighted by atomic mass is 10.1. The number of hydrogen-bond acceptors (Lipinski definition) is 3. The van der Waals surface area contributed by atoms with Crippen molar-refractivity contribution < 1.29 is 13.9 Å². The van der Waals surface area contributed by atoms with Crippen molar-refractivity contribution >= 4 is 11.0 Å². The molecule has 4 rings (SSSR count). The number of rotatable bonds is 8. The highest BCUT2D eigenvalue weighted by atomic mass is 19.1. The van der Waals surface area contributed by atoms with Crippen molar-refractivity contribution in [1.82, 2.24) is 9.55 Å². The van der Waals surface area contributed by atoms with E-state index in [4.69, 9.17) is 14.5 Å². The molecule has 0 spiro atoms. The average Bonchev–Trinajstić information content (AvgIpc) is 3.12. The minimum absolute atomic E-state index is 0.246. The SMILES string of the molecule is C=CCc1ccc(OCc2nc3ccccc3n2Cc2ccc(F)cc2)c(OC)c1. The molecule has 0 atom stereocenters. The molecule has 0 aliphatic carbocycles. The molecule has 4 nitrogen and oxygen atoms in total. The Kier molecular flexibility index (Phi) is 5.80. The van der Waals surface area contributed by atoms with E-state index >= 15 is 0 Å². The maximum atomic E-state index is 13.3. The minimum Gasteiger partial charge on any atom is -0.493 e. The van der Waals surface area contributed by atoms with E-state index in [1.54, 1.807) is 19.2 Å². The van der Waals surface area contributed by atoms with Gasteiger partial charge in [0.25, 0.3) is 0 Å². The van der Waals surface area contributed by atoms with E-state index < -0.39 is 0 Å². The Balaban J connectivity index is 1.62. The molecule has 4 aromatic rings. The van der Waals surface area contributed by atoms with E-state index in [2.05, 4.69) is 11.1 Å². The molecule has 0 aliphatic heterocycles. The molecule has 0 fully saturated rings. The summed E-state index contributed by atoms with van der Waals surface area (Å²) in [5.74, 6) is 1.88. The molecule has 0 saturated carbocycles. The largest absolute Gasteiger partial charge is 0.493 e. The predicted octanol–water partition coefficient (Wildman–Crippen LogP) is 5.54. The highest BCUT2D eigenvalue weighted by Gasteiger charge is 2.13. The zero-order valence-electron chi connectivity index (χ0n) is 16.8. The van der Waals surface area contributed by atoms with E-state index in [0.717, 1.165) is 34.4 Å². The third-order valence-electron chi connectivity index (χ3n) is 4.95. The Morgan fingerprint density at radius 1 is 1.00 bits per heavy atom. The van der Waals surface area contributed by atoms with E-state index in [9.17, 15) is 4.39 Å². The zero-order valence-corrected chi connectivity index (χ0v) is 16.8. The Hall–Kier alpha value is -3.60. The standard InChI is InChI=1S/C25H23FN2O2/c1-3-6-18-11-14-23(24(15-18)29-2)30-17-25-27-21-7-4-5-8-22(21)28(25)16-19-9-12-20(26)13-10-19/h3-5,7-15H,1,6,16-17H2,2H3. The van der Waals surface area contributed by atoms with Gasteiger partial charge in [-0.3, -0.25) is 0 Å². The first-order valence-corrected chi connectivity index (χ1v) is 9.77. The number of methoxy groups -OCH3 is 1. The maximum Gasteiger partial charge on any atom is 0.161 e. The van der Waals surface area contributed by atoms with Crippen LogP contribution in [0.25, 0.3) is 11.0 Å². The molecule has 0 saturated heterocycles. The Morgan fingerprint density at radius 3 is 2.53 bits per heavy atom. The summed E-state index contributed by atoms with van der Waals surface area (Å²) >= 11 is 0. The minimum atomic E-state index is -0.246. The summed E-state index contributed by atoms with van der Waals surface area (Å²) in [5, 5.41) is 0. The lowest BCUT2D eigenvalue weighted by Crippen LogP contribution is -2.09. The number of ether oxygens (including phenoxy) is 2. The summed E-state index contributed by atoms with van der Waals surface area (Å²) in [7, 11) is 1.63. The van der Waals surface area contributed by atoms with Gasteiger partial charge in [-0.2, -0.15) is 0 Å². The van der Waals surface area contributed by atoms with Crippen molar-refractivity contribution in [2.75, 3.05) is 7.11 Å². The third kappa shape index (κ3) is 4.20. The van der Waals surface area contributed by atoms with E-state index in [0.29, 0.717) is 18.0 Å². The van der Waals surface area contributed by atoms with Crippen molar-refractivity contribution in [3.8, 4) is 11.5 Å². The van der Waals surface area contributed by atoms with Gasteiger partial charge in [0.05, 0.1) is 18.1 Å². The zero-order chi connectivity index (χ0) is 20.9. The first-order chi connectivity index (χ1) is 14.7. The van der Waals surface area contributed by atoms with Crippen molar-refractivity contribution in [3.05, 3.63) is 102 Å². The van der Waals surface area contributed by atoms with Crippen molar-refractivity contribution in [3.63, 3.8) is 0 Å². The second-order valence-corrected chi connectivity index (χ2v) is 7.00. The first kappa shape index (κ1) is 19.7. The molecule has 3 aromatic carbocycles. The van der Waals surface area contributed by atoms with Crippen molar-refractivity contribution in [1.29, 1.82) is 0 Å². The van der Waals surface area contributed by atoms with E-state index in [-0.39, 0.29) is 12.4 Å². The third-order valence-corrected chi connectivity index (χ3v) is 4.95. The molecule has 30 heavy (non-hydrogen) atoms. The molecule has 152 valence electrons. The van der Waals surface area contributed by atoms with Gasteiger partial charge in [-0.15, -0.1) is 6.58 Å². The molecule has 0 bridgehead atoms. The van der Waals surface area contributed by atoms with Crippen LogP contribution >= 0.6 is 0 Å². The molecule has 0 radical (unpaired) electrons. The van der Waals surface area contributed by atoms with E-state index in [1.165, 1.54) is 12.1 Å². The van der Waals surface area contributed by atoms with Crippen molar-refractivity contribution in [2.24, 2.45) is 0 Å². The number of hydrogen-bond donors (Lipinski definition) is 0. The lowest BCUT2D eigenvalue weighted by molar-refractivity contribution is 0.272. The van der Waals surface area contributed by atoms with Crippen LogP contribution in [0.5, 0.6) is 11.5 Å². The fraction of sp³-hybridized carbons (Fsp3) is 0.160. The molecule has 1 aromatic heterocycles. The highest BCUT2D eigenvalue weighted by molar-refractivity contribution is 5.76. The smallest absolute Gasteiger partial charge is 0.161 e. The fourth-order valence-corrected chi connectivity index (χ4v) is 3.45. The van der Waals surface area contributed by atoms with Gasteiger partial charge in [-0.1, -0.05) is 36.4 Å². The summed E-state index contributed by atoms with van der Waals surface area (Å²) in [6.45, 7) is 4.64. The van der Waals surface area contributed by atoms with Crippen LogP contribution < -0.4 is 9.47 Å². The van der Waals surface area contributed by atoms with E-state index in [1.807, 2.05) is 48.5 Å². The normalized spacial score (nSPS) is 10.9. The first-order valence-electron chi connectivity index (χ1n) is 9.77. The second kappa shape index (κ2) is 8.82. The van der Waals surface area contributed by atoms with Crippen LogP contribution in [-0.4, -0.2) is 16.7 Å². The Labute approximate surface area is 175 Å². The average molecular weight is 402 g/mol. The number of benzene rings is 3. The van der Waals surface area contributed by atoms with Gasteiger partial charge in [0.15, 0.2) is 11.5 Å². The molecular weight excluding hydrogens is 379 g/mol. The second-order valence-electron chi connectivity index (χ2n) is 7.00. The number of imidazole rings is 1. The molecule has 5 heteroatoms. The van der Waals surface area contributed by atoms with Gasteiger partial charge < -0.3 is 14.0 Å². The van der Waals surface area contributed by atoms with Crippen LogP contribution in [-0.2, 0) is 19.6 Å². The number of nitrogens with zero attached hydrogens (tertiary/aromatic N) is 2. The van der Waals surface area contributed by atoms with Crippen LogP contribution in [0.3, 0.4) is 0 Å². The summed E-state index contributed by atoms with van der Waals surface area (Å²) in [4.78, 5) is 4.75. The number of halogens is 1. The molecule has 0 N–H and O–H groups in total. The van der Waals surface area contributed by atoms with Crippen LogP contribution in [0, 0.1) is 5.82 Å². The maximum absolute atomic E-state index is 13.3. The van der Waals surface area contributed by atoms with Gasteiger partial charge in [-0.25, -0.2) is 9.37 Å². The lowest BCUT2D eigenvalue weighted by Gasteiger charge is -2.13. The number of fused-ring (bicyclic) bond motifs is 1. The summed E-state index contributed by atoms with van der Waals surface area (Å²) in [6.07, 6.45) is 2.62. The Bertz CT molecular complexity index is 1170. The number of allylic oxidation sites excluding steroid dienone is 1. The molecule has 0 unspecified atom stereocenters. The highest BCUT2D eigenvalue weighted by Crippen LogP contribution is 2.29. The van der Waals surface area contributed by atoms with Crippen LogP contribution in [0.1, 0.15) is 17.0 Å². The fourth-order valence-electron chi connectivity index (χ4n) is 3.45. The topological polar surface area (TPSA) is 36.3 Å².